The van der Waals surface area contributed by atoms with Crippen molar-refractivity contribution in [1.82, 2.24) is 10.3 Å². The second kappa shape index (κ2) is 7.81. The lowest BCUT2D eigenvalue weighted by atomic mass is 9.96. The minimum absolute atomic E-state index is 0.0363. The maximum atomic E-state index is 12.4. The quantitative estimate of drug-likeness (QED) is 0.829. The molecule has 1 aliphatic rings. The van der Waals surface area contributed by atoms with Crippen LogP contribution in [0.3, 0.4) is 0 Å². The second-order valence-electron chi connectivity index (χ2n) is 6.08. The number of benzene rings is 1. The third-order valence-corrected chi connectivity index (χ3v) is 4.18. The van der Waals surface area contributed by atoms with Crippen molar-refractivity contribution in [2.75, 3.05) is 25.0 Å². The lowest BCUT2D eigenvalue weighted by molar-refractivity contribution is -0.125. The van der Waals surface area contributed by atoms with Gasteiger partial charge in [0.1, 0.15) is 11.6 Å². The fourth-order valence-electron chi connectivity index (χ4n) is 2.87. The van der Waals surface area contributed by atoms with Crippen LogP contribution in [0.2, 0.25) is 0 Å². The van der Waals surface area contributed by atoms with Gasteiger partial charge in [-0.1, -0.05) is 18.2 Å². The summed E-state index contributed by atoms with van der Waals surface area (Å²) >= 11 is 0. The van der Waals surface area contributed by atoms with E-state index >= 15 is 0 Å². The molecule has 1 aliphatic heterocycles. The molecule has 126 valence electrons. The number of carbonyl (C=O) groups excluding carboxylic acids is 1. The van der Waals surface area contributed by atoms with Crippen LogP contribution in [0.1, 0.15) is 17.5 Å². The van der Waals surface area contributed by atoms with Crippen molar-refractivity contribution in [2.45, 2.75) is 19.8 Å². The maximum Gasteiger partial charge on any atom is 0.223 e. The Balaban J connectivity index is 1.47. The van der Waals surface area contributed by atoms with Crippen LogP contribution in [0.5, 0.6) is 5.75 Å². The predicted molar refractivity (Wildman–Crippen MR) is 94.2 cm³/mol. The molecule has 2 N–H and O–H groups in total. The first-order chi connectivity index (χ1) is 11.7. The van der Waals surface area contributed by atoms with Crippen molar-refractivity contribution in [3.05, 3.63) is 53.7 Å². The first-order valence-electron chi connectivity index (χ1n) is 8.37. The first kappa shape index (κ1) is 16.3. The lowest BCUT2D eigenvalue weighted by Crippen LogP contribution is -2.35. The predicted octanol–water partition coefficient (Wildman–Crippen LogP) is 2.56. The molecule has 5 nitrogen and oxygen atoms in total. The minimum Gasteiger partial charge on any atom is -0.493 e. The van der Waals surface area contributed by atoms with Crippen LogP contribution in [-0.4, -0.2) is 30.6 Å². The van der Waals surface area contributed by atoms with E-state index in [0.29, 0.717) is 19.7 Å². The smallest absolute Gasteiger partial charge is 0.223 e. The third kappa shape index (κ3) is 4.25. The van der Waals surface area contributed by atoms with Gasteiger partial charge in [-0.3, -0.25) is 4.79 Å². The molecule has 1 amide bonds. The van der Waals surface area contributed by atoms with E-state index in [0.717, 1.165) is 35.5 Å². The van der Waals surface area contributed by atoms with Crippen molar-refractivity contribution in [1.29, 1.82) is 0 Å². The van der Waals surface area contributed by atoms with Gasteiger partial charge in [-0.05, 0) is 49.1 Å². The molecule has 0 saturated heterocycles. The van der Waals surface area contributed by atoms with Gasteiger partial charge < -0.3 is 15.4 Å². The number of nitrogens with one attached hydrogen (secondary N) is 2. The molecule has 5 heteroatoms. The van der Waals surface area contributed by atoms with Crippen molar-refractivity contribution in [2.24, 2.45) is 5.92 Å². The molecular formula is C19H23N3O2. The second-order valence-corrected chi connectivity index (χ2v) is 6.08. The van der Waals surface area contributed by atoms with Gasteiger partial charge in [0.05, 0.1) is 6.61 Å². The number of ether oxygens (including phenoxy) is 1. The normalized spacial score (nSPS) is 16.5. The molecule has 2 heterocycles. The average molecular weight is 325 g/mol. The summed E-state index contributed by atoms with van der Waals surface area (Å²) in [6.45, 7) is 3.84. The zero-order valence-electron chi connectivity index (χ0n) is 13.9. The Morgan fingerprint density at radius 3 is 3.04 bits per heavy atom. The third-order valence-electron chi connectivity index (χ3n) is 4.18. The fraction of sp³-hybridized carbons (Fsp3) is 0.368. The summed E-state index contributed by atoms with van der Waals surface area (Å²) in [6.07, 6.45) is 3.25. The summed E-state index contributed by atoms with van der Waals surface area (Å²) in [4.78, 5) is 16.7. The number of carbonyl (C=O) groups is 1. The SMILES string of the molecule is Cc1ccnc(NCCNC(=O)[C@H]2CCOc3ccccc3C2)c1. The van der Waals surface area contributed by atoms with Crippen LogP contribution in [0.4, 0.5) is 5.82 Å². The van der Waals surface area contributed by atoms with Gasteiger partial charge in [-0.25, -0.2) is 4.98 Å². The Morgan fingerprint density at radius 2 is 2.17 bits per heavy atom. The maximum absolute atomic E-state index is 12.4. The summed E-state index contributed by atoms with van der Waals surface area (Å²) in [7, 11) is 0. The monoisotopic (exact) mass is 325 g/mol. The highest BCUT2D eigenvalue weighted by molar-refractivity contribution is 5.79. The molecule has 0 unspecified atom stereocenters. The molecule has 0 fully saturated rings. The Morgan fingerprint density at radius 1 is 1.29 bits per heavy atom. The van der Waals surface area contributed by atoms with Gasteiger partial charge in [-0.15, -0.1) is 0 Å². The number of nitrogens with zero attached hydrogens (tertiary/aromatic N) is 1. The number of para-hydroxylation sites is 1. The number of amides is 1. The van der Waals surface area contributed by atoms with Crippen molar-refractivity contribution < 1.29 is 9.53 Å². The zero-order valence-corrected chi connectivity index (χ0v) is 13.9. The fourth-order valence-corrected chi connectivity index (χ4v) is 2.87. The topological polar surface area (TPSA) is 63.2 Å². The lowest BCUT2D eigenvalue weighted by Gasteiger charge is -2.14. The molecule has 0 radical (unpaired) electrons. The van der Waals surface area contributed by atoms with E-state index in [-0.39, 0.29) is 11.8 Å². The molecule has 24 heavy (non-hydrogen) atoms. The number of aryl methyl sites for hydroxylation is 1. The number of anilines is 1. The van der Waals surface area contributed by atoms with E-state index < -0.39 is 0 Å². The Bertz CT molecular complexity index is 703. The van der Waals surface area contributed by atoms with Crippen molar-refractivity contribution in [3.8, 4) is 5.75 Å². The molecule has 0 spiro atoms. The number of pyridine rings is 1. The van der Waals surface area contributed by atoms with E-state index in [2.05, 4.69) is 15.6 Å². The Hall–Kier alpha value is -2.56. The molecule has 3 rings (SSSR count). The van der Waals surface area contributed by atoms with E-state index in [9.17, 15) is 4.79 Å². The molecule has 0 saturated carbocycles. The molecule has 0 bridgehead atoms. The number of hydrogen-bond donors (Lipinski definition) is 2. The van der Waals surface area contributed by atoms with Crippen LogP contribution >= 0.6 is 0 Å². The molecule has 0 aliphatic carbocycles. The van der Waals surface area contributed by atoms with Gasteiger partial charge in [0, 0.05) is 25.2 Å². The number of aromatic nitrogens is 1. The van der Waals surface area contributed by atoms with Crippen molar-refractivity contribution >= 4 is 11.7 Å². The summed E-state index contributed by atoms with van der Waals surface area (Å²) in [5.74, 6) is 1.79. The van der Waals surface area contributed by atoms with Crippen molar-refractivity contribution in [3.63, 3.8) is 0 Å². The van der Waals surface area contributed by atoms with Crippen LogP contribution in [0, 0.1) is 12.8 Å². The highest BCUT2D eigenvalue weighted by Crippen LogP contribution is 2.26. The number of fused-ring (bicyclic) bond motifs is 1. The van der Waals surface area contributed by atoms with E-state index in [4.69, 9.17) is 4.74 Å². The zero-order chi connectivity index (χ0) is 16.8. The van der Waals surface area contributed by atoms with Gasteiger partial charge in [0.25, 0.3) is 0 Å². The highest BCUT2D eigenvalue weighted by Gasteiger charge is 2.23. The summed E-state index contributed by atoms with van der Waals surface area (Å²) in [6, 6.07) is 11.9. The molecule has 2 aromatic rings. The van der Waals surface area contributed by atoms with Crippen LogP contribution in [0.25, 0.3) is 0 Å². The summed E-state index contributed by atoms with van der Waals surface area (Å²) < 4.78 is 5.72. The van der Waals surface area contributed by atoms with Gasteiger partial charge >= 0.3 is 0 Å². The molecular weight excluding hydrogens is 302 g/mol. The van der Waals surface area contributed by atoms with Crippen LogP contribution < -0.4 is 15.4 Å². The van der Waals surface area contributed by atoms with Crippen LogP contribution in [-0.2, 0) is 11.2 Å². The summed E-state index contributed by atoms with van der Waals surface area (Å²) in [5.41, 5.74) is 2.27. The van der Waals surface area contributed by atoms with E-state index in [1.54, 1.807) is 6.20 Å². The minimum atomic E-state index is -0.0363. The largest absolute Gasteiger partial charge is 0.493 e. The van der Waals surface area contributed by atoms with Crippen LogP contribution in [0.15, 0.2) is 42.6 Å². The molecule has 1 aromatic heterocycles. The van der Waals surface area contributed by atoms with E-state index in [1.807, 2.05) is 43.3 Å². The average Bonchev–Trinajstić information content (AvgIpc) is 2.81. The number of rotatable bonds is 5. The standard InChI is InChI=1S/C19H23N3O2/c1-14-6-8-20-18(12-14)21-9-10-22-19(23)16-7-11-24-17-5-3-2-4-15(17)13-16/h2-6,8,12,16H,7,9-11,13H2,1H3,(H,20,21)(H,22,23)/t16-/m0/s1. The van der Waals surface area contributed by atoms with Gasteiger partial charge in [0.15, 0.2) is 0 Å². The van der Waals surface area contributed by atoms with Gasteiger partial charge in [-0.2, -0.15) is 0 Å². The molecule has 1 atom stereocenters. The highest BCUT2D eigenvalue weighted by atomic mass is 16.5. The number of hydrogen-bond acceptors (Lipinski definition) is 4. The Kier molecular flexibility index (Phi) is 5.31. The summed E-state index contributed by atoms with van der Waals surface area (Å²) in [5, 5.41) is 6.23. The first-order valence-corrected chi connectivity index (χ1v) is 8.37. The Labute approximate surface area is 142 Å². The van der Waals surface area contributed by atoms with Gasteiger partial charge in [0.2, 0.25) is 5.91 Å². The molecule has 1 aromatic carbocycles. The van der Waals surface area contributed by atoms with E-state index in [1.165, 1.54) is 0 Å².